The maximum absolute atomic E-state index is 11.2. The molecule has 0 unspecified atom stereocenters. The molecule has 0 spiro atoms. The van der Waals surface area contributed by atoms with Crippen LogP contribution in [0.1, 0.15) is 5.56 Å². The molecule has 5 N–H and O–H groups in total. The second-order valence-electron chi connectivity index (χ2n) is 4.15. The maximum atomic E-state index is 11.2. The quantitative estimate of drug-likeness (QED) is 0.733. The Labute approximate surface area is 116 Å². The van der Waals surface area contributed by atoms with Crippen LogP contribution >= 0.6 is 0 Å². The van der Waals surface area contributed by atoms with Crippen molar-refractivity contribution in [3.8, 4) is 11.5 Å². The number of anilines is 1. The van der Waals surface area contributed by atoms with Crippen molar-refractivity contribution in [2.24, 2.45) is 5.14 Å². The van der Waals surface area contributed by atoms with Gasteiger partial charge in [-0.15, -0.1) is 0 Å². The number of nitrogens with two attached hydrogens (primary N) is 2. The molecule has 2 aromatic carbocycles. The lowest BCUT2D eigenvalue weighted by Gasteiger charge is -2.09. The van der Waals surface area contributed by atoms with E-state index < -0.39 is 10.0 Å². The summed E-state index contributed by atoms with van der Waals surface area (Å²) in [6.07, 6.45) is 0. The van der Waals surface area contributed by atoms with Crippen molar-refractivity contribution >= 4 is 15.7 Å². The highest BCUT2D eigenvalue weighted by Gasteiger charge is 2.12. The van der Waals surface area contributed by atoms with Gasteiger partial charge >= 0.3 is 0 Å². The van der Waals surface area contributed by atoms with Crippen LogP contribution in [0.2, 0.25) is 0 Å². The van der Waals surface area contributed by atoms with E-state index in [-0.39, 0.29) is 17.2 Å². The zero-order valence-electron chi connectivity index (χ0n) is 10.5. The molecule has 0 amide bonds. The van der Waals surface area contributed by atoms with Crippen molar-refractivity contribution in [1.29, 1.82) is 0 Å². The number of nitrogen functional groups attached to an aromatic ring is 1. The third-order valence-electron chi connectivity index (χ3n) is 2.63. The van der Waals surface area contributed by atoms with Gasteiger partial charge in [-0.05, 0) is 29.8 Å². The van der Waals surface area contributed by atoms with Crippen LogP contribution in [0.5, 0.6) is 11.5 Å². The van der Waals surface area contributed by atoms with Gasteiger partial charge in [0.2, 0.25) is 10.0 Å². The Morgan fingerprint density at radius 2 is 1.65 bits per heavy atom. The third-order valence-corrected chi connectivity index (χ3v) is 3.61. The van der Waals surface area contributed by atoms with Crippen molar-refractivity contribution < 1.29 is 18.3 Å². The second-order valence-corrected chi connectivity index (χ2v) is 5.68. The largest absolute Gasteiger partial charge is 0.457 e. The van der Waals surface area contributed by atoms with Gasteiger partial charge in [-0.3, -0.25) is 0 Å². The number of hydrogen-bond acceptors (Lipinski definition) is 5. The van der Waals surface area contributed by atoms with Crippen molar-refractivity contribution in [1.82, 2.24) is 0 Å². The van der Waals surface area contributed by atoms with Gasteiger partial charge in [0, 0.05) is 6.07 Å². The van der Waals surface area contributed by atoms with Crippen LogP contribution < -0.4 is 15.6 Å². The summed E-state index contributed by atoms with van der Waals surface area (Å²) in [7, 11) is -3.84. The molecule has 2 aromatic rings. The van der Waals surface area contributed by atoms with Gasteiger partial charge in [-0.2, -0.15) is 0 Å². The van der Waals surface area contributed by atoms with E-state index in [0.29, 0.717) is 11.5 Å². The van der Waals surface area contributed by atoms with Crippen LogP contribution in [0.15, 0.2) is 47.4 Å². The molecule has 0 aliphatic rings. The van der Waals surface area contributed by atoms with E-state index >= 15 is 0 Å². The highest BCUT2D eigenvalue weighted by Crippen LogP contribution is 2.27. The molecular weight excluding hydrogens is 280 g/mol. The zero-order chi connectivity index (χ0) is 14.8. The van der Waals surface area contributed by atoms with Gasteiger partial charge < -0.3 is 15.6 Å². The molecule has 0 bridgehead atoms. The van der Waals surface area contributed by atoms with Crippen LogP contribution in [0.25, 0.3) is 0 Å². The fourth-order valence-corrected chi connectivity index (χ4v) is 2.29. The molecular formula is C13H14N2O4S. The smallest absolute Gasteiger partial charge is 0.240 e. The number of aliphatic hydroxyl groups excluding tert-OH is 1. The number of primary sulfonamides is 1. The van der Waals surface area contributed by atoms with Crippen molar-refractivity contribution in [2.45, 2.75) is 11.5 Å². The molecule has 6 nitrogen and oxygen atoms in total. The summed E-state index contributed by atoms with van der Waals surface area (Å²) in [5.74, 6) is 0.941. The number of aliphatic hydroxyl groups is 1. The first-order valence-electron chi connectivity index (χ1n) is 5.70. The zero-order valence-corrected chi connectivity index (χ0v) is 11.3. The molecule has 0 saturated heterocycles. The van der Waals surface area contributed by atoms with E-state index in [4.69, 9.17) is 20.7 Å². The van der Waals surface area contributed by atoms with Crippen molar-refractivity contribution in [2.75, 3.05) is 5.73 Å². The first-order chi connectivity index (χ1) is 9.40. The predicted molar refractivity (Wildman–Crippen MR) is 74.7 cm³/mol. The van der Waals surface area contributed by atoms with E-state index in [1.807, 2.05) is 0 Å². The summed E-state index contributed by atoms with van der Waals surface area (Å²) in [4.78, 5) is -0.138. The van der Waals surface area contributed by atoms with Gasteiger partial charge in [0.1, 0.15) is 16.4 Å². The minimum atomic E-state index is -3.84. The standard InChI is InChI=1S/C13H14N2O4S/c14-12-7-11(5-6-13(12)20(15,17)18)19-10-3-1-9(8-16)2-4-10/h1-7,16H,8,14H2,(H2,15,17,18). The highest BCUT2D eigenvalue weighted by atomic mass is 32.2. The van der Waals surface area contributed by atoms with E-state index in [2.05, 4.69) is 0 Å². The molecule has 20 heavy (non-hydrogen) atoms. The fourth-order valence-electron chi connectivity index (χ4n) is 1.65. The second kappa shape index (κ2) is 5.49. The molecule has 0 saturated carbocycles. The topological polar surface area (TPSA) is 116 Å². The lowest BCUT2D eigenvalue weighted by atomic mass is 10.2. The molecule has 0 radical (unpaired) electrons. The first kappa shape index (κ1) is 14.3. The predicted octanol–water partition coefficient (Wildman–Crippen LogP) is 1.20. The normalized spacial score (nSPS) is 11.3. The molecule has 106 valence electrons. The number of hydrogen-bond donors (Lipinski definition) is 3. The summed E-state index contributed by atoms with van der Waals surface area (Å²) in [5.41, 5.74) is 6.42. The maximum Gasteiger partial charge on any atom is 0.240 e. The van der Waals surface area contributed by atoms with E-state index in [9.17, 15) is 8.42 Å². The van der Waals surface area contributed by atoms with E-state index in [1.54, 1.807) is 24.3 Å². The van der Waals surface area contributed by atoms with Gasteiger partial charge in [0.25, 0.3) is 0 Å². The van der Waals surface area contributed by atoms with Crippen LogP contribution in [0.4, 0.5) is 5.69 Å². The summed E-state index contributed by atoms with van der Waals surface area (Å²) >= 11 is 0. The van der Waals surface area contributed by atoms with Gasteiger partial charge in [-0.1, -0.05) is 12.1 Å². The number of ether oxygens (including phenoxy) is 1. The lowest BCUT2D eigenvalue weighted by Crippen LogP contribution is -2.14. The molecule has 0 aromatic heterocycles. The molecule has 0 aliphatic heterocycles. The molecule has 0 heterocycles. The van der Waals surface area contributed by atoms with Gasteiger partial charge in [0.15, 0.2) is 0 Å². The van der Waals surface area contributed by atoms with Gasteiger partial charge in [-0.25, -0.2) is 13.6 Å². The molecule has 0 fully saturated rings. The van der Waals surface area contributed by atoms with E-state index in [1.165, 1.54) is 18.2 Å². The number of rotatable bonds is 4. The summed E-state index contributed by atoms with van der Waals surface area (Å²) < 4.78 is 28.0. The van der Waals surface area contributed by atoms with Crippen molar-refractivity contribution in [3.05, 3.63) is 48.0 Å². The minimum absolute atomic E-state index is 0.0250. The monoisotopic (exact) mass is 294 g/mol. The number of sulfonamides is 1. The Bertz CT molecular complexity index is 712. The van der Waals surface area contributed by atoms with Crippen LogP contribution in [-0.4, -0.2) is 13.5 Å². The Kier molecular flexibility index (Phi) is 3.93. The average Bonchev–Trinajstić information content (AvgIpc) is 2.38. The number of benzene rings is 2. The third kappa shape index (κ3) is 3.27. The summed E-state index contributed by atoms with van der Waals surface area (Å²) in [5, 5.41) is 14.0. The van der Waals surface area contributed by atoms with Gasteiger partial charge in [0.05, 0.1) is 12.3 Å². The molecule has 7 heteroatoms. The Morgan fingerprint density at radius 3 is 2.15 bits per heavy atom. The van der Waals surface area contributed by atoms with E-state index in [0.717, 1.165) is 5.56 Å². The van der Waals surface area contributed by atoms with Crippen LogP contribution in [-0.2, 0) is 16.6 Å². The molecule has 0 atom stereocenters. The Hall–Kier alpha value is -2.09. The molecule has 2 rings (SSSR count). The van der Waals surface area contributed by atoms with Crippen LogP contribution in [0, 0.1) is 0 Å². The highest BCUT2D eigenvalue weighted by molar-refractivity contribution is 7.89. The van der Waals surface area contributed by atoms with Crippen LogP contribution in [0.3, 0.4) is 0 Å². The molecule has 0 aliphatic carbocycles. The SMILES string of the molecule is Nc1cc(Oc2ccc(CO)cc2)ccc1S(N)(=O)=O. The minimum Gasteiger partial charge on any atom is -0.457 e. The summed E-state index contributed by atoms with van der Waals surface area (Å²) in [6, 6.07) is 11.0. The first-order valence-corrected chi connectivity index (χ1v) is 7.25. The fraction of sp³-hybridized carbons (Fsp3) is 0.0769. The Balaban J connectivity index is 2.24. The Morgan fingerprint density at radius 1 is 1.05 bits per heavy atom. The van der Waals surface area contributed by atoms with Crippen molar-refractivity contribution in [3.63, 3.8) is 0 Å². The average molecular weight is 294 g/mol. The summed E-state index contributed by atoms with van der Waals surface area (Å²) in [6.45, 7) is -0.0454. The lowest BCUT2D eigenvalue weighted by molar-refractivity contribution is 0.281.